The van der Waals surface area contributed by atoms with Crippen LogP contribution in [0.15, 0.2) is 5.16 Å². The molecule has 0 aliphatic carbocycles. The summed E-state index contributed by atoms with van der Waals surface area (Å²) in [5.41, 5.74) is 5.60. The summed E-state index contributed by atoms with van der Waals surface area (Å²) in [5.74, 6) is 1.10. The van der Waals surface area contributed by atoms with E-state index in [1.54, 1.807) is 11.8 Å². The molecule has 2 N–H and O–H groups in total. The summed E-state index contributed by atoms with van der Waals surface area (Å²) in [7, 11) is 4.05. The molecule has 0 aromatic carbocycles. The van der Waals surface area contributed by atoms with Crippen LogP contribution in [0.25, 0.3) is 0 Å². The minimum absolute atomic E-state index is 0.0245. The van der Waals surface area contributed by atoms with E-state index in [4.69, 9.17) is 10.5 Å². The number of hydrogen-bond donors (Lipinski definition) is 1. The Kier molecular flexibility index (Phi) is 5.43. The lowest BCUT2D eigenvalue weighted by atomic mass is 10.5. The number of nitrogens with zero attached hydrogens (tertiary/aromatic N) is 4. The van der Waals surface area contributed by atoms with E-state index in [1.165, 1.54) is 0 Å². The molecular weight excluding hydrogens is 238 g/mol. The molecule has 1 aromatic heterocycles. The predicted molar refractivity (Wildman–Crippen MR) is 69.3 cm³/mol. The summed E-state index contributed by atoms with van der Waals surface area (Å²) in [6, 6.07) is 0.292. The van der Waals surface area contributed by atoms with E-state index < -0.39 is 0 Å². The molecule has 1 rings (SSSR count). The summed E-state index contributed by atoms with van der Waals surface area (Å²) < 4.78 is 5.40. The highest BCUT2D eigenvalue weighted by Crippen LogP contribution is 2.16. The topological polar surface area (TPSA) is 77.2 Å². The van der Waals surface area contributed by atoms with Crippen molar-refractivity contribution in [3.8, 4) is 6.01 Å². The van der Waals surface area contributed by atoms with Gasteiger partial charge in [0.2, 0.25) is 5.95 Å². The summed E-state index contributed by atoms with van der Waals surface area (Å²) >= 11 is 1.54. The van der Waals surface area contributed by atoms with Gasteiger partial charge in [-0.15, -0.1) is 0 Å². The molecule has 1 aromatic rings. The Morgan fingerprint density at radius 2 is 2.00 bits per heavy atom. The number of ether oxygens (including phenoxy) is 1. The number of nitrogens with two attached hydrogens (primary N) is 1. The number of hydrogen-bond acceptors (Lipinski definition) is 7. The van der Waals surface area contributed by atoms with Crippen LogP contribution in [-0.4, -0.2) is 52.3 Å². The van der Waals surface area contributed by atoms with Gasteiger partial charge in [-0.2, -0.15) is 15.0 Å². The van der Waals surface area contributed by atoms with Crippen LogP contribution in [0.2, 0.25) is 0 Å². The van der Waals surface area contributed by atoms with Gasteiger partial charge in [0.1, 0.15) is 0 Å². The second-order valence-electron chi connectivity index (χ2n) is 4.08. The van der Waals surface area contributed by atoms with Gasteiger partial charge in [0, 0.05) is 12.3 Å². The minimum Gasteiger partial charge on any atom is -0.461 e. The lowest BCUT2D eigenvalue weighted by molar-refractivity contribution is 0.219. The Hall–Kier alpha value is -1.08. The first-order valence-corrected chi connectivity index (χ1v) is 6.41. The summed E-state index contributed by atoms with van der Waals surface area (Å²) in [6.07, 6.45) is 0.0245. The quantitative estimate of drug-likeness (QED) is 0.758. The van der Waals surface area contributed by atoms with Crippen LogP contribution in [-0.2, 0) is 0 Å². The monoisotopic (exact) mass is 257 g/mol. The normalized spacial score (nSPS) is 11.2. The lowest BCUT2D eigenvalue weighted by Gasteiger charge is -2.10. The molecule has 0 fully saturated rings. The lowest BCUT2D eigenvalue weighted by Crippen LogP contribution is -2.15. The maximum absolute atomic E-state index is 5.60. The Morgan fingerprint density at radius 3 is 2.59 bits per heavy atom. The molecule has 1 heterocycles. The average molecular weight is 257 g/mol. The standard InChI is InChI=1S/C10H19N5OS/c1-7(2)16-9-12-8(11)13-10(14-9)17-6-5-15(3)4/h7H,5-6H2,1-4H3,(H2,11,12,13,14). The molecule has 96 valence electrons. The Bertz CT molecular complexity index is 359. The third-order valence-electron chi connectivity index (χ3n) is 1.72. The zero-order valence-electron chi connectivity index (χ0n) is 10.7. The Labute approximate surface area is 106 Å². The highest BCUT2D eigenvalue weighted by atomic mass is 32.2. The van der Waals surface area contributed by atoms with Crippen LogP contribution in [0, 0.1) is 0 Å². The van der Waals surface area contributed by atoms with Crippen LogP contribution >= 0.6 is 11.8 Å². The van der Waals surface area contributed by atoms with Crippen LogP contribution < -0.4 is 10.5 Å². The van der Waals surface area contributed by atoms with Crippen LogP contribution in [0.5, 0.6) is 6.01 Å². The zero-order valence-corrected chi connectivity index (χ0v) is 11.5. The molecular formula is C10H19N5OS. The predicted octanol–water partition coefficient (Wildman–Crippen LogP) is 0.895. The van der Waals surface area contributed by atoms with Gasteiger partial charge in [0.15, 0.2) is 5.16 Å². The van der Waals surface area contributed by atoms with Crippen molar-refractivity contribution in [2.45, 2.75) is 25.1 Å². The van der Waals surface area contributed by atoms with Crippen molar-refractivity contribution in [1.29, 1.82) is 0 Å². The van der Waals surface area contributed by atoms with Crippen molar-refractivity contribution in [2.75, 3.05) is 32.1 Å². The van der Waals surface area contributed by atoms with Gasteiger partial charge in [0.05, 0.1) is 6.10 Å². The first kappa shape index (κ1) is 14.0. The fourth-order valence-electron chi connectivity index (χ4n) is 1.00. The van der Waals surface area contributed by atoms with E-state index in [-0.39, 0.29) is 12.1 Å². The average Bonchev–Trinajstić information content (AvgIpc) is 2.14. The van der Waals surface area contributed by atoms with Crippen molar-refractivity contribution in [1.82, 2.24) is 19.9 Å². The number of thioether (sulfide) groups is 1. The summed E-state index contributed by atoms with van der Waals surface area (Å²) in [4.78, 5) is 14.3. The van der Waals surface area contributed by atoms with Gasteiger partial charge in [-0.05, 0) is 27.9 Å². The van der Waals surface area contributed by atoms with Crippen molar-refractivity contribution in [3.05, 3.63) is 0 Å². The Morgan fingerprint density at radius 1 is 1.29 bits per heavy atom. The van der Waals surface area contributed by atoms with Gasteiger partial charge in [-0.1, -0.05) is 11.8 Å². The van der Waals surface area contributed by atoms with Crippen molar-refractivity contribution in [2.24, 2.45) is 0 Å². The van der Waals surface area contributed by atoms with Crippen molar-refractivity contribution < 1.29 is 4.74 Å². The molecule has 0 bridgehead atoms. The SMILES string of the molecule is CC(C)Oc1nc(N)nc(SCCN(C)C)n1. The largest absolute Gasteiger partial charge is 0.461 e. The fraction of sp³-hybridized carbons (Fsp3) is 0.700. The molecule has 0 atom stereocenters. The van der Waals surface area contributed by atoms with Crippen LogP contribution in [0.1, 0.15) is 13.8 Å². The van der Waals surface area contributed by atoms with E-state index in [9.17, 15) is 0 Å². The molecule has 17 heavy (non-hydrogen) atoms. The number of rotatable bonds is 6. The highest BCUT2D eigenvalue weighted by molar-refractivity contribution is 7.99. The number of nitrogen functional groups attached to an aromatic ring is 1. The molecule has 0 aliphatic heterocycles. The summed E-state index contributed by atoms with van der Waals surface area (Å²) in [5, 5.41) is 0.606. The van der Waals surface area contributed by atoms with Gasteiger partial charge >= 0.3 is 6.01 Å². The zero-order chi connectivity index (χ0) is 12.8. The highest BCUT2D eigenvalue weighted by Gasteiger charge is 2.07. The van der Waals surface area contributed by atoms with E-state index >= 15 is 0 Å². The van der Waals surface area contributed by atoms with Crippen molar-refractivity contribution in [3.63, 3.8) is 0 Å². The molecule has 0 unspecified atom stereocenters. The minimum atomic E-state index is 0.0245. The van der Waals surface area contributed by atoms with Gasteiger partial charge in [-0.3, -0.25) is 0 Å². The number of aromatic nitrogens is 3. The molecule has 0 radical (unpaired) electrons. The first-order valence-electron chi connectivity index (χ1n) is 5.43. The maximum atomic E-state index is 5.60. The molecule has 6 nitrogen and oxygen atoms in total. The smallest absolute Gasteiger partial charge is 0.322 e. The molecule has 0 spiro atoms. The molecule has 0 saturated heterocycles. The fourth-order valence-corrected chi connectivity index (χ4v) is 1.94. The maximum Gasteiger partial charge on any atom is 0.322 e. The first-order chi connectivity index (χ1) is 7.97. The van der Waals surface area contributed by atoms with Gasteiger partial charge < -0.3 is 15.4 Å². The Balaban J connectivity index is 2.62. The van der Waals surface area contributed by atoms with Gasteiger partial charge in [0.25, 0.3) is 0 Å². The van der Waals surface area contributed by atoms with E-state index in [0.29, 0.717) is 11.2 Å². The van der Waals surface area contributed by atoms with E-state index in [2.05, 4.69) is 19.9 Å². The molecule has 0 amide bonds. The van der Waals surface area contributed by atoms with Crippen molar-refractivity contribution >= 4 is 17.7 Å². The molecule has 0 aliphatic rings. The third kappa shape index (κ3) is 5.69. The molecule has 0 saturated carbocycles. The second kappa shape index (κ2) is 6.61. The van der Waals surface area contributed by atoms with E-state index in [1.807, 2.05) is 27.9 Å². The van der Waals surface area contributed by atoms with Crippen LogP contribution in [0.4, 0.5) is 5.95 Å². The summed E-state index contributed by atoms with van der Waals surface area (Å²) in [6.45, 7) is 4.79. The van der Waals surface area contributed by atoms with Crippen LogP contribution in [0.3, 0.4) is 0 Å². The molecule has 7 heteroatoms. The number of anilines is 1. The van der Waals surface area contributed by atoms with Gasteiger partial charge in [-0.25, -0.2) is 0 Å². The van der Waals surface area contributed by atoms with E-state index in [0.717, 1.165) is 12.3 Å². The third-order valence-corrected chi connectivity index (χ3v) is 2.55. The second-order valence-corrected chi connectivity index (χ2v) is 5.14.